The molecule has 1 saturated heterocycles. The smallest absolute Gasteiger partial charge is 0.306 e. The maximum absolute atomic E-state index is 12.6. The van der Waals surface area contributed by atoms with E-state index in [2.05, 4.69) is 13.8 Å². The molecule has 1 aliphatic rings. The second kappa shape index (κ2) is 26.0. The summed E-state index contributed by atoms with van der Waals surface area (Å²) in [4.78, 5) is 24.9. The van der Waals surface area contributed by atoms with Crippen molar-refractivity contribution in [2.75, 3.05) is 19.8 Å². The molecule has 10 heteroatoms. The van der Waals surface area contributed by atoms with E-state index >= 15 is 0 Å². The molecule has 4 N–H and O–H groups in total. The highest BCUT2D eigenvalue weighted by molar-refractivity contribution is 5.70. The van der Waals surface area contributed by atoms with Gasteiger partial charge in [0.25, 0.3) is 0 Å². The van der Waals surface area contributed by atoms with Crippen molar-refractivity contribution in [2.45, 2.75) is 179 Å². The highest BCUT2D eigenvalue weighted by Gasteiger charge is 2.44. The lowest BCUT2D eigenvalue weighted by atomic mass is 9.99. The van der Waals surface area contributed by atoms with E-state index in [-0.39, 0.29) is 32.0 Å². The largest absolute Gasteiger partial charge is 0.462 e. The molecule has 0 aromatic carbocycles. The minimum absolute atomic E-state index is 0.211. The monoisotopic (exact) mass is 618 g/mol. The number of ether oxygens (including phenoxy) is 4. The Labute approximate surface area is 259 Å². The normalized spacial score (nSPS) is 22.8. The van der Waals surface area contributed by atoms with Crippen LogP contribution in [0.2, 0.25) is 0 Å². The van der Waals surface area contributed by atoms with E-state index in [4.69, 9.17) is 18.9 Å². The molecule has 0 saturated carbocycles. The molecule has 2 unspecified atom stereocenters. The molecule has 254 valence electrons. The summed E-state index contributed by atoms with van der Waals surface area (Å²) < 4.78 is 21.9. The number of unbranched alkanes of at least 4 members (excludes halogenated alkanes) is 16. The molecule has 10 nitrogen and oxygen atoms in total. The standard InChI is InChI=1S/C33H62O10/c1-3-5-7-9-11-13-14-16-18-20-22-29(36)42-26(24-40-28(35)21-19-17-15-12-10-8-6-4-2)25-41-33-32(39)31(38)30(37)27(23-34)43-33/h26-27,30-34,37-39H,3-25H2,1-2H3/t26-,27-,30+,31?,32?,33-/m1/s1. The SMILES string of the molecule is CCCCCCCCCCCCC(=O)O[C@H](COC(=O)CCCCCCCCCC)CO[C@@H]1O[C@H](CO)[C@H](O)C(O)C1O. The van der Waals surface area contributed by atoms with Crippen LogP contribution in [0.4, 0.5) is 0 Å². The fourth-order valence-electron chi connectivity index (χ4n) is 5.19. The van der Waals surface area contributed by atoms with E-state index in [1.165, 1.54) is 70.6 Å². The van der Waals surface area contributed by atoms with Gasteiger partial charge in [-0.1, -0.05) is 117 Å². The Morgan fingerprint density at radius 3 is 1.58 bits per heavy atom. The zero-order valence-corrected chi connectivity index (χ0v) is 27.0. The van der Waals surface area contributed by atoms with Gasteiger partial charge in [-0.3, -0.25) is 9.59 Å². The van der Waals surface area contributed by atoms with Crippen LogP contribution in [-0.2, 0) is 28.5 Å². The highest BCUT2D eigenvalue weighted by Crippen LogP contribution is 2.22. The third-order valence-electron chi connectivity index (χ3n) is 7.99. The van der Waals surface area contributed by atoms with Crippen LogP contribution in [0, 0.1) is 0 Å². The Balaban J connectivity index is 2.46. The van der Waals surface area contributed by atoms with Crippen molar-refractivity contribution in [3.63, 3.8) is 0 Å². The van der Waals surface area contributed by atoms with Crippen molar-refractivity contribution < 1.29 is 49.0 Å². The summed E-state index contributed by atoms with van der Waals surface area (Å²) in [6, 6.07) is 0. The molecule has 0 aliphatic carbocycles. The Morgan fingerprint density at radius 2 is 1.09 bits per heavy atom. The van der Waals surface area contributed by atoms with E-state index < -0.39 is 49.4 Å². The summed E-state index contributed by atoms with van der Waals surface area (Å²) >= 11 is 0. The predicted octanol–water partition coefficient (Wildman–Crippen LogP) is 5.10. The first-order valence-electron chi connectivity index (χ1n) is 17.1. The van der Waals surface area contributed by atoms with Crippen LogP contribution in [0.3, 0.4) is 0 Å². The molecular weight excluding hydrogens is 556 g/mol. The summed E-state index contributed by atoms with van der Waals surface area (Å²) in [6.07, 6.45) is 12.8. The van der Waals surface area contributed by atoms with Crippen LogP contribution in [-0.4, -0.2) is 89.0 Å². The van der Waals surface area contributed by atoms with Crippen LogP contribution in [0.5, 0.6) is 0 Å². The minimum Gasteiger partial charge on any atom is -0.462 e. The molecule has 0 bridgehead atoms. The van der Waals surface area contributed by atoms with Crippen molar-refractivity contribution in [2.24, 2.45) is 0 Å². The maximum atomic E-state index is 12.6. The van der Waals surface area contributed by atoms with Gasteiger partial charge in [-0.15, -0.1) is 0 Å². The molecule has 1 aliphatic heterocycles. The van der Waals surface area contributed by atoms with E-state index in [0.29, 0.717) is 6.42 Å². The van der Waals surface area contributed by atoms with E-state index in [9.17, 15) is 30.0 Å². The third kappa shape index (κ3) is 19.0. The molecule has 1 heterocycles. The molecule has 0 amide bonds. The van der Waals surface area contributed by atoms with Gasteiger partial charge in [0.05, 0.1) is 13.2 Å². The fraction of sp³-hybridized carbons (Fsp3) is 0.939. The van der Waals surface area contributed by atoms with Crippen LogP contribution in [0.1, 0.15) is 142 Å². The molecule has 1 rings (SSSR count). The molecule has 0 spiro atoms. The van der Waals surface area contributed by atoms with Crippen LogP contribution >= 0.6 is 0 Å². The average Bonchev–Trinajstić information content (AvgIpc) is 3.00. The summed E-state index contributed by atoms with van der Waals surface area (Å²) in [5.41, 5.74) is 0. The van der Waals surface area contributed by atoms with Crippen LogP contribution in [0.15, 0.2) is 0 Å². The van der Waals surface area contributed by atoms with Gasteiger partial charge in [0, 0.05) is 12.8 Å². The molecule has 0 aromatic heterocycles. The Kier molecular flexibility index (Phi) is 24.0. The number of esters is 2. The first-order chi connectivity index (χ1) is 20.8. The zero-order chi connectivity index (χ0) is 31.7. The van der Waals surface area contributed by atoms with E-state index in [0.717, 1.165) is 38.5 Å². The minimum atomic E-state index is -1.59. The summed E-state index contributed by atoms with van der Waals surface area (Å²) in [6.45, 7) is 3.34. The topological polar surface area (TPSA) is 152 Å². The molecule has 1 fully saturated rings. The molecule has 43 heavy (non-hydrogen) atoms. The number of hydrogen-bond donors (Lipinski definition) is 4. The van der Waals surface area contributed by atoms with Crippen molar-refractivity contribution in [1.82, 2.24) is 0 Å². The van der Waals surface area contributed by atoms with E-state index in [1.807, 2.05) is 0 Å². The van der Waals surface area contributed by atoms with Gasteiger partial charge in [-0.05, 0) is 12.8 Å². The lowest BCUT2D eigenvalue weighted by Gasteiger charge is -2.39. The quantitative estimate of drug-likeness (QED) is 0.0723. The number of aliphatic hydroxyl groups is 4. The van der Waals surface area contributed by atoms with Gasteiger partial charge >= 0.3 is 11.9 Å². The molecule has 6 atom stereocenters. The number of aliphatic hydroxyl groups excluding tert-OH is 4. The predicted molar refractivity (Wildman–Crippen MR) is 164 cm³/mol. The maximum Gasteiger partial charge on any atom is 0.306 e. The first-order valence-corrected chi connectivity index (χ1v) is 17.1. The number of carbonyl (C=O) groups excluding carboxylic acids is 2. The number of rotatable bonds is 27. The molecule has 0 radical (unpaired) electrons. The second-order valence-corrected chi connectivity index (χ2v) is 12.0. The third-order valence-corrected chi connectivity index (χ3v) is 7.99. The van der Waals surface area contributed by atoms with Gasteiger partial charge in [0.1, 0.15) is 31.0 Å². The Morgan fingerprint density at radius 1 is 0.628 bits per heavy atom. The van der Waals surface area contributed by atoms with Crippen LogP contribution in [0.25, 0.3) is 0 Å². The zero-order valence-electron chi connectivity index (χ0n) is 27.0. The van der Waals surface area contributed by atoms with Crippen molar-refractivity contribution >= 4 is 11.9 Å². The fourth-order valence-corrected chi connectivity index (χ4v) is 5.19. The van der Waals surface area contributed by atoms with Crippen LogP contribution < -0.4 is 0 Å². The Hall–Kier alpha value is -1.30. The average molecular weight is 619 g/mol. The van der Waals surface area contributed by atoms with Gasteiger partial charge in [0.15, 0.2) is 12.4 Å². The van der Waals surface area contributed by atoms with Crippen molar-refractivity contribution in [3.8, 4) is 0 Å². The number of hydrogen-bond acceptors (Lipinski definition) is 10. The lowest BCUT2D eigenvalue weighted by Crippen LogP contribution is -2.59. The molecule has 0 aromatic rings. The summed E-state index contributed by atoms with van der Waals surface area (Å²) in [7, 11) is 0. The lowest BCUT2D eigenvalue weighted by molar-refractivity contribution is -0.305. The second-order valence-electron chi connectivity index (χ2n) is 12.0. The van der Waals surface area contributed by atoms with Gasteiger partial charge in [-0.2, -0.15) is 0 Å². The Bertz CT molecular complexity index is 689. The summed E-state index contributed by atoms with van der Waals surface area (Å²) in [5, 5.41) is 39.7. The van der Waals surface area contributed by atoms with Gasteiger partial charge in [0.2, 0.25) is 0 Å². The van der Waals surface area contributed by atoms with E-state index in [1.54, 1.807) is 0 Å². The van der Waals surface area contributed by atoms with Crippen molar-refractivity contribution in [3.05, 3.63) is 0 Å². The van der Waals surface area contributed by atoms with Gasteiger partial charge in [-0.25, -0.2) is 0 Å². The van der Waals surface area contributed by atoms with Crippen molar-refractivity contribution in [1.29, 1.82) is 0 Å². The number of carbonyl (C=O) groups is 2. The molecular formula is C33H62O10. The van der Waals surface area contributed by atoms with Gasteiger partial charge < -0.3 is 39.4 Å². The summed E-state index contributed by atoms with van der Waals surface area (Å²) in [5.74, 6) is -0.810. The highest BCUT2D eigenvalue weighted by atomic mass is 16.7. The first kappa shape index (κ1) is 39.7.